The number of quaternary nitrogens is 2. The van der Waals surface area contributed by atoms with Crippen LogP contribution in [0, 0.1) is 5.92 Å². The summed E-state index contributed by atoms with van der Waals surface area (Å²) in [5.41, 5.74) is 1.37. The van der Waals surface area contributed by atoms with Crippen molar-refractivity contribution in [3.63, 3.8) is 0 Å². The van der Waals surface area contributed by atoms with Gasteiger partial charge in [0.2, 0.25) is 6.79 Å². The van der Waals surface area contributed by atoms with Crippen molar-refractivity contribution in [3.8, 4) is 11.5 Å². The van der Waals surface area contributed by atoms with Crippen molar-refractivity contribution in [1.82, 2.24) is 0 Å². The molecule has 2 aliphatic heterocycles. The average Bonchev–Trinajstić information content (AvgIpc) is 3.03. The zero-order chi connectivity index (χ0) is 15.6. The number of nitrogens with one attached hydrogen (secondary N) is 2. The summed E-state index contributed by atoms with van der Waals surface area (Å²) in [5, 5.41) is 0. The molecule has 1 aromatic rings. The third-order valence-electron chi connectivity index (χ3n) is 6.00. The van der Waals surface area contributed by atoms with Crippen molar-refractivity contribution >= 4 is 0 Å². The highest BCUT2D eigenvalue weighted by Crippen LogP contribution is 2.32. The van der Waals surface area contributed by atoms with E-state index in [4.69, 9.17) is 9.47 Å². The summed E-state index contributed by atoms with van der Waals surface area (Å²) in [6, 6.07) is 7.35. The van der Waals surface area contributed by atoms with Gasteiger partial charge in [0.05, 0.1) is 6.04 Å². The SMILES string of the molecule is C[C@H]1CCC[C@H]([NH+]2CC[NH+](Cc3ccc4c(c3)OCO4)CC2)C1. The molecule has 2 fully saturated rings. The predicted molar refractivity (Wildman–Crippen MR) is 89.1 cm³/mol. The zero-order valence-corrected chi connectivity index (χ0v) is 14.3. The number of hydrogen-bond acceptors (Lipinski definition) is 2. The minimum absolute atomic E-state index is 0.369. The first kappa shape index (κ1) is 15.3. The summed E-state index contributed by atoms with van der Waals surface area (Å²) in [5.74, 6) is 2.76. The summed E-state index contributed by atoms with van der Waals surface area (Å²) < 4.78 is 10.9. The van der Waals surface area contributed by atoms with Gasteiger partial charge in [0, 0.05) is 12.0 Å². The largest absolute Gasteiger partial charge is 0.454 e. The summed E-state index contributed by atoms with van der Waals surface area (Å²) >= 11 is 0. The fraction of sp³-hybridized carbons (Fsp3) is 0.684. The Bertz CT molecular complexity index is 540. The minimum atomic E-state index is 0.369. The second-order valence-corrected chi connectivity index (χ2v) is 7.74. The molecule has 4 rings (SSSR count). The first-order chi connectivity index (χ1) is 11.3. The molecule has 0 bridgehead atoms. The Kier molecular flexibility index (Phi) is 4.45. The van der Waals surface area contributed by atoms with E-state index in [1.165, 1.54) is 57.4 Å². The molecule has 1 saturated heterocycles. The van der Waals surface area contributed by atoms with Crippen LogP contribution in [0.2, 0.25) is 0 Å². The topological polar surface area (TPSA) is 27.3 Å². The van der Waals surface area contributed by atoms with Gasteiger partial charge in [-0.2, -0.15) is 0 Å². The van der Waals surface area contributed by atoms with E-state index in [-0.39, 0.29) is 0 Å². The Hall–Kier alpha value is -1.26. The molecular formula is C19H30N2O2+2. The van der Waals surface area contributed by atoms with E-state index in [2.05, 4.69) is 25.1 Å². The van der Waals surface area contributed by atoms with E-state index >= 15 is 0 Å². The Morgan fingerprint density at radius 1 is 1.04 bits per heavy atom. The standard InChI is InChI=1S/C19H28N2O2/c1-15-3-2-4-17(11-15)21-9-7-20(8-10-21)13-16-5-6-18-19(12-16)23-14-22-18/h5-6,12,15,17H,2-4,7-11,13-14H2,1H3/p+2/t15-,17-/m0/s1. The molecule has 2 N–H and O–H groups in total. The van der Waals surface area contributed by atoms with Crippen LogP contribution in [-0.4, -0.2) is 39.0 Å². The zero-order valence-electron chi connectivity index (χ0n) is 14.3. The smallest absolute Gasteiger partial charge is 0.231 e. The first-order valence-electron chi connectivity index (χ1n) is 9.34. The third-order valence-corrected chi connectivity index (χ3v) is 6.00. The summed E-state index contributed by atoms with van der Waals surface area (Å²) in [4.78, 5) is 3.60. The number of benzene rings is 1. The van der Waals surface area contributed by atoms with E-state index in [1.807, 2.05) is 4.90 Å². The van der Waals surface area contributed by atoms with Crippen LogP contribution in [0.25, 0.3) is 0 Å². The van der Waals surface area contributed by atoms with Crippen LogP contribution in [0.15, 0.2) is 18.2 Å². The molecule has 1 saturated carbocycles. The molecule has 1 aliphatic carbocycles. The molecular weight excluding hydrogens is 288 g/mol. The van der Waals surface area contributed by atoms with E-state index in [0.717, 1.165) is 30.0 Å². The molecule has 23 heavy (non-hydrogen) atoms. The summed E-state index contributed by atoms with van der Waals surface area (Å²) in [6.07, 6.45) is 5.80. The second kappa shape index (κ2) is 6.70. The normalized spacial score (nSPS) is 33.6. The molecule has 4 heteroatoms. The lowest BCUT2D eigenvalue weighted by Crippen LogP contribution is -3.29. The fourth-order valence-electron chi connectivity index (χ4n) is 4.65. The molecule has 2 atom stereocenters. The van der Waals surface area contributed by atoms with Crippen molar-refractivity contribution in [2.24, 2.45) is 5.92 Å². The van der Waals surface area contributed by atoms with Gasteiger partial charge < -0.3 is 19.3 Å². The third kappa shape index (κ3) is 3.48. The van der Waals surface area contributed by atoms with Gasteiger partial charge in [-0.05, 0) is 37.0 Å². The van der Waals surface area contributed by atoms with Crippen LogP contribution in [-0.2, 0) is 6.54 Å². The minimum Gasteiger partial charge on any atom is -0.454 e. The Balaban J connectivity index is 1.30. The maximum absolute atomic E-state index is 5.50. The van der Waals surface area contributed by atoms with Crippen LogP contribution in [0.4, 0.5) is 0 Å². The number of fused-ring (bicyclic) bond motifs is 1. The van der Waals surface area contributed by atoms with E-state index in [0.29, 0.717) is 6.79 Å². The highest BCUT2D eigenvalue weighted by Gasteiger charge is 2.32. The van der Waals surface area contributed by atoms with Gasteiger partial charge in [-0.15, -0.1) is 0 Å². The van der Waals surface area contributed by atoms with E-state index in [1.54, 1.807) is 4.90 Å². The van der Waals surface area contributed by atoms with Gasteiger partial charge in [-0.25, -0.2) is 0 Å². The summed E-state index contributed by atoms with van der Waals surface area (Å²) in [6.45, 7) is 9.21. The molecule has 0 aromatic heterocycles. The van der Waals surface area contributed by atoms with Gasteiger partial charge in [0.1, 0.15) is 32.7 Å². The molecule has 3 aliphatic rings. The molecule has 0 amide bonds. The van der Waals surface area contributed by atoms with Crippen LogP contribution in [0.5, 0.6) is 11.5 Å². The highest BCUT2D eigenvalue weighted by molar-refractivity contribution is 5.44. The lowest BCUT2D eigenvalue weighted by atomic mass is 9.86. The first-order valence-corrected chi connectivity index (χ1v) is 9.34. The van der Waals surface area contributed by atoms with Crippen LogP contribution >= 0.6 is 0 Å². The Morgan fingerprint density at radius 2 is 1.87 bits per heavy atom. The number of ether oxygens (including phenoxy) is 2. The van der Waals surface area contributed by atoms with Crippen molar-refractivity contribution in [2.75, 3.05) is 33.0 Å². The average molecular weight is 318 g/mol. The number of rotatable bonds is 3. The molecule has 2 heterocycles. The van der Waals surface area contributed by atoms with Gasteiger partial charge in [0.15, 0.2) is 11.5 Å². The van der Waals surface area contributed by atoms with Crippen molar-refractivity contribution in [3.05, 3.63) is 23.8 Å². The van der Waals surface area contributed by atoms with Gasteiger partial charge >= 0.3 is 0 Å². The van der Waals surface area contributed by atoms with Crippen LogP contribution in [0.1, 0.15) is 38.2 Å². The molecule has 126 valence electrons. The van der Waals surface area contributed by atoms with E-state index < -0.39 is 0 Å². The number of piperazine rings is 1. The van der Waals surface area contributed by atoms with Gasteiger partial charge in [0.25, 0.3) is 0 Å². The van der Waals surface area contributed by atoms with Crippen molar-refractivity contribution in [2.45, 2.75) is 45.2 Å². The molecule has 4 nitrogen and oxygen atoms in total. The summed E-state index contributed by atoms with van der Waals surface area (Å²) in [7, 11) is 0. The molecule has 1 aromatic carbocycles. The Labute approximate surface area is 139 Å². The van der Waals surface area contributed by atoms with Crippen LogP contribution < -0.4 is 19.3 Å². The lowest BCUT2D eigenvalue weighted by molar-refractivity contribution is -1.03. The highest BCUT2D eigenvalue weighted by atomic mass is 16.7. The molecule has 0 radical (unpaired) electrons. The van der Waals surface area contributed by atoms with Gasteiger partial charge in [-0.3, -0.25) is 0 Å². The monoisotopic (exact) mass is 318 g/mol. The maximum Gasteiger partial charge on any atom is 0.231 e. The fourth-order valence-corrected chi connectivity index (χ4v) is 4.65. The second-order valence-electron chi connectivity index (χ2n) is 7.74. The lowest BCUT2D eigenvalue weighted by Gasteiger charge is -2.37. The molecule has 0 unspecified atom stereocenters. The number of hydrogen-bond donors (Lipinski definition) is 2. The Morgan fingerprint density at radius 3 is 2.70 bits per heavy atom. The van der Waals surface area contributed by atoms with Crippen molar-refractivity contribution in [1.29, 1.82) is 0 Å². The quantitative estimate of drug-likeness (QED) is 0.838. The van der Waals surface area contributed by atoms with Gasteiger partial charge in [-0.1, -0.05) is 13.3 Å². The van der Waals surface area contributed by atoms with Crippen LogP contribution in [0.3, 0.4) is 0 Å². The predicted octanol–water partition coefficient (Wildman–Crippen LogP) is 0.277. The van der Waals surface area contributed by atoms with Crippen molar-refractivity contribution < 1.29 is 19.3 Å². The maximum atomic E-state index is 5.50. The molecule has 0 spiro atoms. The van der Waals surface area contributed by atoms with E-state index in [9.17, 15) is 0 Å².